The van der Waals surface area contributed by atoms with Crippen LogP contribution in [0.3, 0.4) is 0 Å². The standard InChI is InChI=1S/C31H35N5O3/c1-5-31(2,3)32-30(38)29(23-12-9-13-25(19-23)39-4)36(24-17-16-21-10-8-11-22(21)18-24)28(37)20-35-27-15-7-6-14-26(27)33-34-35/h6-7,9,12-19,29H,5,8,10-11,20H2,1-4H3,(H,32,38)/t29-/m1/s1. The van der Waals surface area contributed by atoms with Crippen molar-refractivity contribution in [3.05, 3.63) is 83.4 Å². The molecule has 0 unspecified atom stereocenters. The van der Waals surface area contributed by atoms with Gasteiger partial charge in [0.15, 0.2) is 0 Å². The Morgan fingerprint density at radius 1 is 1.05 bits per heavy atom. The van der Waals surface area contributed by atoms with Crippen LogP contribution in [0.25, 0.3) is 11.0 Å². The van der Waals surface area contributed by atoms with Crippen molar-refractivity contribution in [1.29, 1.82) is 0 Å². The lowest BCUT2D eigenvalue weighted by Gasteiger charge is -2.35. The van der Waals surface area contributed by atoms with Crippen LogP contribution in [0.15, 0.2) is 66.7 Å². The summed E-state index contributed by atoms with van der Waals surface area (Å²) in [6.07, 6.45) is 3.81. The molecule has 1 aromatic heterocycles. The fourth-order valence-electron chi connectivity index (χ4n) is 5.10. The topological polar surface area (TPSA) is 89.4 Å². The fraction of sp³-hybridized carbons (Fsp3) is 0.355. The molecular weight excluding hydrogens is 490 g/mol. The predicted molar refractivity (Wildman–Crippen MR) is 152 cm³/mol. The van der Waals surface area contributed by atoms with Gasteiger partial charge in [0.25, 0.3) is 0 Å². The van der Waals surface area contributed by atoms with E-state index in [0.29, 0.717) is 22.5 Å². The van der Waals surface area contributed by atoms with Crippen molar-refractivity contribution in [2.75, 3.05) is 12.0 Å². The summed E-state index contributed by atoms with van der Waals surface area (Å²) >= 11 is 0. The fourth-order valence-corrected chi connectivity index (χ4v) is 5.10. The quantitative estimate of drug-likeness (QED) is 0.332. The number of aromatic nitrogens is 3. The van der Waals surface area contributed by atoms with E-state index in [9.17, 15) is 9.59 Å². The molecule has 0 fully saturated rings. The van der Waals surface area contributed by atoms with Crippen LogP contribution in [0.4, 0.5) is 5.69 Å². The average molecular weight is 526 g/mol. The normalized spacial score (nSPS) is 13.6. The number of anilines is 1. The van der Waals surface area contributed by atoms with E-state index in [-0.39, 0.29) is 18.4 Å². The van der Waals surface area contributed by atoms with Crippen LogP contribution in [0.2, 0.25) is 0 Å². The van der Waals surface area contributed by atoms with E-state index in [0.717, 1.165) is 31.2 Å². The lowest BCUT2D eigenvalue weighted by Crippen LogP contribution is -2.51. The number of methoxy groups -OCH3 is 1. The third-order valence-electron chi connectivity index (χ3n) is 7.60. The van der Waals surface area contributed by atoms with Crippen LogP contribution in [0.1, 0.15) is 56.3 Å². The molecule has 1 N–H and O–H groups in total. The first-order chi connectivity index (χ1) is 18.8. The van der Waals surface area contributed by atoms with Gasteiger partial charge in [-0.05, 0) is 92.6 Å². The summed E-state index contributed by atoms with van der Waals surface area (Å²) in [5.41, 5.74) is 4.87. The molecule has 1 heterocycles. The zero-order valence-electron chi connectivity index (χ0n) is 23.0. The first kappa shape index (κ1) is 26.4. The lowest BCUT2D eigenvalue weighted by molar-refractivity contribution is -0.128. The van der Waals surface area contributed by atoms with Crippen molar-refractivity contribution in [3.63, 3.8) is 0 Å². The number of carbonyl (C=O) groups excluding carboxylic acids is 2. The molecule has 0 saturated heterocycles. The largest absolute Gasteiger partial charge is 0.497 e. The van der Waals surface area contributed by atoms with Gasteiger partial charge in [0.2, 0.25) is 11.8 Å². The number of hydrogen-bond donors (Lipinski definition) is 1. The Bertz CT molecular complexity index is 1510. The van der Waals surface area contributed by atoms with E-state index in [1.807, 2.05) is 75.4 Å². The number of para-hydroxylation sites is 1. The van der Waals surface area contributed by atoms with E-state index in [4.69, 9.17) is 4.74 Å². The highest BCUT2D eigenvalue weighted by Gasteiger charge is 2.36. The number of fused-ring (bicyclic) bond motifs is 2. The molecule has 202 valence electrons. The Kier molecular flexibility index (Phi) is 7.37. The first-order valence-electron chi connectivity index (χ1n) is 13.5. The molecule has 0 saturated carbocycles. The third kappa shape index (κ3) is 5.50. The first-order valence-corrected chi connectivity index (χ1v) is 13.5. The number of nitrogens with zero attached hydrogens (tertiary/aromatic N) is 4. The monoisotopic (exact) mass is 525 g/mol. The summed E-state index contributed by atoms with van der Waals surface area (Å²) in [5, 5.41) is 11.6. The van der Waals surface area contributed by atoms with E-state index in [1.54, 1.807) is 16.7 Å². The summed E-state index contributed by atoms with van der Waals surface area (Å²) < 4.78 is 7.08. The molecule has 2 amide bonds. The van der Waals surface area contributed by atoms with Crippen LogP contribution in [-0.2, 0) is 29.0 Å². The van der Waals surface area contributed by atoms with Gasteiger partial charge in [-0.15, -0.1) is 5.10 Å². The molecular formula is C31H35N5O3. The molecule has 5 rings (SSSR count). The predicted octanol–water partition coefficient (Wildman–Crippen LogP) is 5.01. The smallest absolute Gasteiger partial charge is 0.249 e. The zero-order chi connectivity index (χ0) is 27.6. The maximum atomic E-state index is 14.3. The Morgan fingerprint density at radius 2 is 1.85 bits per heavy atom. The second kappa shape index (κ2) is 10.9. The van der Waals surface area contributed by atoms with Crippen molar-refractivity contribution >= 4 is 28.5 Å². The Hall–Kier alpha value is -4.20. The molecule has 3 aromatic carbocycles. The van der Waals surface area contributed by atoms with Crippen LogP contribution >= 0.6 is 0 Å². The van der Waals surface area contributed by atoms with Gasteiger partial charge < -0.3 is 10.1 Å². The van der Waals surface area contributed by atoms with Gasteiger partial charge in [-0.1, -0.05) is 42.5 Å². The molecule has 0 radical (unpaired) electrons. The van der Waals surface area contributed by atoms with Crippen molar-refractivity contribution < 1.29 is 14.3 Å². The highest BCUT2D eigenvalue weighted by atomic mass is 16.5. The minimum absolute atomic E-state index is 0.0669. The molecule has 0 spiro atoms. The second-order valence-electron chi connectivity index (χ2n) is 10.7. The third-order valence-corrected chi connectivity index (χ3v) is 7.60. The number of amides is 2. The van der Waals surface area contributed by atoms with Crippen LogP contribution < -0.4 is 15.0 Å². The molecule has 4 aromatic rings. The van der Waals surface area contributed by atoms with E-state index >= 15 is 0 Å². The number of ether oxygens (including phenoxy) is 1. The van der Waals surface area contributed by atoms with Crippen molar-refractivity contribution in [2.45, 2.75) is 64.6 Å². The Morgan fingerprint density at radius 3 is 2.64 bits per heavy atom. The van der Waals surface area contributed by atoms with Crippen LogP contribution in [0.5, 0.6) is 5.75 Å². The second-order valence-corrected chi connectivity index (χ2v) is 10.7. The molecule has 0 aliphatic heterocycles. The number of rotatable bonds is 9. The Balaban J connectivity index is 1.63. The summed E-state index contributed by atoms with van der Waals surface area (Å²) in [5.74, 6) is 0.0944. The van der Waals surface area contributed by atoms with E-state index in [2.05, 4.69) is 27.8 Å². The minimum atomic E-state index is -0.923. The molecule has 8 nitrogen and oxygen atoms in total. The minimum Gasteiger partial charge on any atom is -0.497 e. The summed E-state index contributed by atoms with van der Waals surface area (Å²) in [4.78, 5) is 30.0. The van der Waals surface area contributed by atoms with Gasteiger partial charge >= 0.3 is 0 Å². The SMILES string of the molecule is CCC(C)(C)NC(=O)[C@@H](c1cccc(OC)c1)N(C(=O)Cn1nnc2ccccc21)c1ccc2c(c1)CCC2. The van der Waals surface area contributed by atoms with Gasteiger partial charge in [0.05, 0.1) is 12.6 Å². The summed E-state index contributed by atoms with van der Waals surface area (Å²) in [6, 6.07) is 20.1. The molecule has 8 heteroatoms. The van der Waals surface area contributed by atoms with Crippen molar-refractivity contribution in [3.8, 4) is 5.75 Å². The van der Waals surface area contributed by atoms with E-state index < -0.39 is 11.6 Å². The zero-order valence-corrected chi connectivity index (χ0v) is 23.0. The molecule has 0 bridgehead atoms. The van der Waals surface area contributed by atoms with Crippen LogP contribution in [0, 0.1) is 0 Å². The van der Waals surface area contributed by atoms with Gasteiger partial charge in [0.1, 0.15) is 23.9 Å². The van der Waals surface area contributed by atoms with Crippen LogP contribution in [-0.4, -0.2) is 39.5 Å². The molecule has 1 aliphatic carbocycles. The highest BCUT2D eigenvalue weighted by Crippen LogP contribution is 2.34. The number of aryl methyl sites for hydroxylation is 2. The van der Waals surface area contributed by atoms with Gasteiger partial charge in [0, 0.05) is 11.2 Å². The summed E-state index contributed by atoms with van der Waals surface area (Å²) in [6.45, 7) is 5.93. The van der Waals surface area contributed by atoms with Crippen molar-refractivity contribution in [1.82, 2.24) is 20.3 Å². The number of benzene rings is 3. The molecule has 39 heavy (non-hydrogen) atoms. The van der Waals surface area contributed by atoms with Crippen molar-refractivity contribution in [2.24, 2.45) is 0 Å². The van der Waals surface area contributed by atoms with Gasteiger partial charge in [-0.3, -0.25) is 14.5 Å². The molecule has 1 atom stereocenters. The highest BCUT2D eigenvalue weighted by molar-refractivity contribution is 6.02. The number of nitrogens with one attached hydrogen (secondary N) is 1. The number of hydrogen-bond acceptors (Lipinski definition) is 5. The average Bonchev–Trinajstić information content (AvgIpc) is 3.58. The van der Waals surface area contributed by atoms with E-state index in [1.165, 1.54) is 11.1 Å². The summed E-state index contributed by atoms with van der Waals surface area (Å²) in [7, 11) is 1.59. The maximum Gasteiger partial charge on any atom is 0.249 e. The number of carbonyl (C=O) groups is 2. The Labute approximate surface area is 229 Å². The molecule has 1 aliphatic rings. The van der Waals surface area contributed by atoms with Gasteiger partial charge in [-0.2, -0.15) is 0 Å². The lowest BCUT2D eigenvalue weighted by atomic mass is 9.97. The maximum absolute atomic E-state index is 14.3. The van der Waals surface area contributed by atoms with Gasteiger partial charge in [-0.25, -0.2) is 4.68 Å².